The van der Waals surface area contributed by atoms with E-state index in [1.165, 1.54) is 6.07 Å². The Morgan fingerprint density at radius 3 is 2.35 bits per heavy atom. The van der Waals surface area contributed by atoms with Gasteiger partial charge < -0.3 is 4.90 Å². The molecule has 2 fully saturated rings. The van der Waals surface area contributed by atoms with Crippen LogP contribution in [0.1, 0.15) is 49.5 Å². The van der Waals surface area contributed by atoms with Crippen molar-refractivity contribution in [1.29, 1.82) is 0 Å². The highest BCUT2D eigenvalue weighted by Gasteiger charge is 2.35. The summed E-state index contributed by atoms with van der Waals surface area (Å²) in [5, 5.41) is 0. The van der Waals surface area contributed by atoms with Crippen LogP contribution in [-0.2, 0) is 0 Å². The molecule has 0 aromatic carbocycles. The molecule has 1 aromatic heterocycles. The molecule has 2 heterocycles. The Kier molecular flexibility index (Phi) is 3.30. The van der Waals surface area contributed by atoms with Crippen molar-refractivity contribution in [3.63, 3.8) is 0 Å². The number of anilines is 1. The van der Waals surface area contributed by atoms with E-state index < -0.39 is 12.3 Å². The largest absolute Gasteiger partial charge is 0.356 e. The number of halogens is 4. The second-order valence-electron chi connectivity index (χ2n) is 5.43. The number of hydrogen-bond acceptors (Lipinski definition) is 3. The van der Waals surface area contributed by atoms with Crippen LogP contribution in [0.3, 0.4) is 0 Å². The molecule has 0 spiro atoms. The minimum atomic E-state index is -2.67. The van der Waals surface area contributed by atoms with Gasteiger partial charge in [0, 0.05) is 37.9 Å². The van der Waals surface area contributed by atoms with Gasteiger partial charge in [0.25, 0.3) is 12.3 Å². The highest BCUT2D eigenvalue weighted by atomic mass is 19.3. The molecule has 0 bridgehead atoms. The van der Waals surface area contributed by atoms with Crippen LogP contribution in [0.5, 0.6) is 0 Å². The van der Waals surface area contributed by atoms with Gasteiger partial charge in [-0.2, -0.15) is 0 Å². The van der Waals surface area contributed by atoms with Gasteiger partial charge in [0.1, 0.15) is 17.3 Å². The maximum atomic E-state index is 13.1. The van der Waals surface area contributed by atoms with Crippen LogP contribution in [-0.4, -0.2) is 29.0 Å². The third kappa shape index (κ3) is 2.86. The lowest BCUT2D eigenvalue weighted by molar-refractivity contribution is -0.0221. The van der Waals surface area contributed by atoms with Gasteiger partial charge in [0.15, 0.2) is 0 Å². The lowest BCUT2D eigenvalue weighted by atomic mass is 10.1. The van der Waals surface area contributed by atoms with Gasteiger partial charge in [0.05, 0.1) is 0 Å². The summed E-state index contributed by atoms with van der Waals surface area (Å²) in [4.78, 5) is 9.82. The quantitative estimate of drug-likeness (QED) is 0.797. The Labute approximate surface area is 114 Å². The fourth-order valence-corrected chi connectivity index (χ4v) is 2.33. The van der Waals surface area contributed by atoms with E-state index in [0.29, 0.717) is 11.6 Å². The molecule has 1 aliphatic heterocycles. The summed E-state index contributed by atoms with van der Waals surface area (Å²) in [5.41, 5.74) is -0.311. The van der Waals surface area contributed by atoms with E-state index in [4.69, 9.17) is 0 Å². The van der Waals surface area contributed by atoms with Crippen molar-refractivity contribution in [2.45, 2.75) is 43.9 Å². The van der Waals surface area contributed by atoms with Crippen LogP contribution < -0.4 is 4.90 Å². The van der Waals surface area contributed by atoms with Gasteiger partial charge in [-0.3, -0.25) is 0 Å². The zero-order valence-electron chi connectivity index (χ0n) is 10.8. The first-order chi connectivity index (χ1) is 9.44. The Morgan fingerprint density at radius 2 is 1.80 bits per heavy atom. The highest BCUT2D eigenvalue weighted by molar-refractivity contribution is 5.41. The van der Waals surface area contributed by atoms with Crippen LogP contribution in [0, 0.1) is 0 Å². The third-order valence-electron chi connectivity index (χ3n) is 3.73. The zero-order valence-corrected chi connectivity index (χ0v) is 10.8. The van der Waals surface area contributed by atoms with E-state index >= 15 is 0 Å². The number of rotatable bonds is 3. The Morgan fingerprint density at radius 1 is 1.15 bits per heavy atom. The zero-order chi connectivity index (χ0) is 14.3. The minimum absolute atomic E-state index is 0.136. The molecule has 2 aliphatic rings. The Hall–Kier alpha value is -1.40. The van der Waals surface area contributed by atoms with Crippen molar-refractivity contribution in [3.05, 3.63) is 17.6 Å². The Bertz CT molecular complexity index is 472. The second kappa shape index (κ2) is 4.86. The SMILES string of the molecule is FC(F)c1cc(N2CCC(F)(F)CC2)nc(C2CC2)n1. The minimum Gasteiger partial charge on any atom is -0.356 e. The summed E-state index contributed by atoms with van der Waals surface area (Å²) in [6, 6.07) is 1.22. The maximum absolute atomic E-state index is 13.1. The first-order valence-electron chi connectivity index (χ1n) is 6.74. The number of hydrogen-bond donors (Lipinski definition) is 0. The molecular weight excluding hydrogens is 274 g/mol. The van der Waals surface area contributed by atoms with Gasteiger partial charge in [-0.1, -0.05) is 0 Å². The molecule has 1 saturated carbocycles. The molecule has 20 heavy (non-hydrogen) atoms. The fourth-order valence-electron chi connectivity index (χ4n) is 2.33. The molecular formula is C13H15F4N3. The summed E-state index contributed by atoms with van der Waals surface area (Å²) >= 11 is 0. The molecule has 3 rings (SSSR count). The van der Waals surface area contributed by atoms with Crippen LogP contribution in [0.2, 0.25) is 0 Å². The topological polar surface area (TPSA) is 29.0 Å². The summed E-state index contributed by atoms with van der Waals surface area (Å²) in [6.07, 6.45) is -1.38. The van der Waals surface area contributed by atoms with Crippen molar-refractivity contribution in [3.8, 4) is 0 Å². The molecule has 1 aliphatic carbocycles. The predicted molar refractivity (Wildman–Crippen MR) is 65.4 cm³/mol. The molecule has 1 saturated heterocycles. The summed E-state index contributed by atoms with van der Waals surface area (Å²) in [6.45, 7) is 0.271. The second-order valence-corrected chi connectivity index (χ2v) is 5.43. The fraction of sp³-hybridized carbons (Fsp3) is 0.692. The molecule has 0 N–H and O–H groups in total. The third-order valence-corrected chi connectivity index (χ3v) is 3.73. The van der Waals surface area contributed by atoms with Crippen molar-refractivity contribution < 1.29 is 17.6 Å². The monoisotopic (exact) mass is 289 g/mol. The highest BCUT2D eigenvalue weighted by Crippen LogP contribution is 2.40. The van der Waals surface area contributed by atoms with Crippen molar-refractivity contribution in [1.82, 2.24) is 9.97 Å². The van der Waals surface area contributed by atoms with E-state index in [9.17, 15) is 17.6 Å². The smallest absolute Gasteiger partial charge is 0.280 e. The number of alkyl halides is 4. The number of nitrogens with zero attached hydrogens (tertiary/aromatic N) is 3. The van der Waals surface area contributed by atoms with Gasteiger partial charge in [-0.15, -0.1) is 0 Å². The molecule has 7 heteroatoms. The van der Waals surface area contributed by atoms with Crippen molar-refractivity contribution >= 4 is 5.82 Å². The lowest BCUT2D eigenvalue weighted by Crippen LogP contribution is -2.40. The normalized spacial score (nSPS) is 22.4. The van der Waals surface area contributed by atoms with Gasteiger partial charge in [0.2, 0.25) is 0 Å². The number of aromatic nitrogens is 2. The summed E-state index contributed by atoms with van der Waals surface area (Å²) in [7, 11) is 0. The van der Waals surface area contributed by atoms with Gasteiger partial charge >= 0.3 is 0 Å². The van der Waals surface area contributed by atoms with E-state index in [0.717, 1.165) is 12.8 Å². The van der Waals surface area contributed by atoms with Gasteiger partial charge in [-0.05, 0) is 12.8 Å². The van der Waals surface area contributed by atoms with Crippen LogP contribution in [0.15, 0.2) is 6.07 Å². The standard InChI is InChI=1S/C13H15F4N3/c14-11(15)9-7-10(19-12(18-9)8-1-2-8)20-5-3-13(16,17)4-6-20/h7-8,11H,1-6H2. The van der Waals surface area contributed by atoms with Crippen molar-refractivity contribution in [2.75, 3.05) is 18.0 Å². The first-order valence-corrected chi connectivity index (χ1v) is 6.74. The lowest BCUT2D eigenvalue weighted by Gasteiger charge is -2.32. The molecule has 0 radical (unpaired) electrons. The molecule has 0 atom stereocenters. The average Bonchev–Trinajstić information content (AvgIpc) is 3.22. The average molecular weight is 289 g/mol. The number of piperidine rings is 1. The van der Waals surface area contributed by atoms with Crippen LogP contribution in [0.4, 0.5) is 23.4 Å². The molecule has 0 unspecified atom stereocenters. The van der Waals surface area contributed by atoms with Crippen LogP contribution >= 0.6 is 0 Å². The summed E-state index contributed by atoms with van der Waals surface area (Å²) < 4.78 is 52.0. The van der Waals surface area contributed by atoms with Crippen LogP contribution in [0.25, 0.3) is 0 Å². The molecule has 110 valence electrons. The summed E-state index contributed by atoms with van der Waals surface area (Å²) in [5.74, 6) is -1.73. The van der Waals surface area contributed by atoms with Crippen molar-refractivity contribution in [2.24, 2.45) is 0 Å². The molecule has 0 amide bonds. The van der Waals surface area contributed by atoms with Gasteiger partial charge in [-0.25, -0.2) is 27.5 Å². The van der Waals surface area contributed by atoms with E-state index in [2.05, 4.69) is 9.97 Å². The predicted octanol–water partition coefficient (Wildman–Crippen LogP) is 3.53. The Balaban J connectivity index is 1.85. The molecule has 3 nitrogen and oxygen atoms in total. The van der Waals surface area contributed by atoms with E-state index in [1.807, 2.05) is 0 Å². The van der Waals surface area contributed by atoms with E-state index in [1.54, 1.807) is 4.90 Å². The maximum Gasteiger partial charge on any atom is 0.280 e. The first kappa shape index (κ1) is 13.6. The molecule has 1 aromatic rings. The van der Waals surface area contributed by atoms with E-state index in [-0.39, 0.29) is 37.5 Å².